The van der Waals surface area contributed by atoms with E-state index in [0.717, 1.165) is 6.54 Å². The molecule has 0 fully saturated rings. The van der Waals surface area contributed by atoms with Gasteiger partial charge in [-0.15, -0.1) is 0 Å². The van der Waals surface area contributed by atoms with Crippen molar-refractivity contribution in [2.75, 3.05) is 0 Å². The highest BCUT2D eigenvalue weighted by atomic mass is 15.3. The number of hydrogen-bond donors (Lipinski definition) is 0. The smallest absolute Gasteiger partial charge is 0.0524 e. The topological polar surface area (TPSA) is 17.8 Å². The van der Waals surface area contributed by atoms with Crippen LogP contribution < -0.4 is 0 Å². The highest BCUT2D eigenvalue weighted by molar-refractivity contribution is 5.09. The van der Waals surface area contributed by atoms with Crippen molar-refractivity contribution in [3.8, 4) is 0 Å². The second-order valence-electron chi connectivity index (χ2n) is 3.67. The fourth-order valence-corrected chi connectivity index (χ4v) is 1.48. The largest absolute Gasteiger partial charge is 0.273 e. The number of unbranched alkanes of at least 4 members (excludes halogenated alkanes) is 1. The molecule has 0 aromatic carbocycles. The van der Waals surface area contributed by atoms with Gasteiger partial charge in [-0.05, 0) is 24.8 Å². The minimum absolute atomic E-state index is 0.667. The standard InChI is InChI=1S/C11H20N2/c1-4-6-7-10(3)11-8-12-13(5-2)9-11/h8-10H,4-7H2,1-3H3. The number of hydrogen-bond acceptors (Lipinski definition) is 1. The summed E-state index contributed by atoms with van der Waals surface area (Å²) in [7, 11) is 0. The predicted molar refractivity (Wildman–Crippen MR) is 55.8 cm³/mol. The monoisotopic (exact) mass is 180 g/mol. The summed E-state index contributed by atoms with van der Waals surface area (Å²) in [6.45, 7) is 7.61. The van der Waals surface area contributed by atoms with Crippen molar-refractivity contribution < 1.29 is 0 Å². The van der Waals surface area contributed by atoms with Crippen LogP contribution in [-0.4, -0.2) is 9.78 Å². The molecular weight excluding hydrogens is 160 g/mol. The van der Waals surface area contributed by atoms with Gasteiger partial charge in [0, 0.05) is 12.7 Å². The van der Waals surface area contributed by atoms with E-state index in [0.29, 0.717) is 5.92 Å². The molecule has 0 aliphatic heterocycles. The molecule has 0 amide bonds. The summed E-state index contributed by atoms with van der Waals surface area (Å²) in [5, 5.41) is 4.28. The molecule has 0 bridgehead atoms. The number of nitrogens with zero attached hydrogens (tertiary/aromatic N) is 2. The van der Waals surface area contributed by atoms with Crippen molar-refractivity contribution in [2.24, 2.45) is 0 Å². The third-order valence-corrected chi connectivity index (χ3v) is 2.54. The van der Waals surface area contributed by atoms with E-state index in [-0.39, 0.29) is 0 Å². The number of aromatic nitrogens is 2. The lowest BCUT2D eigenvalue weighted by Gasteiger charge is -2.06. The Bertz CT molecular complexity index is 240. The van der Waals surface area contributed by atoms with E-state index in [2.05, 4.69) is 32.1 Å². The Kier molecular flexibility index (Phi) is 4.00. The van der Waals surface area contributed by atoms with Crippen LogP contribution >= 0.6 is 0 Å². The lowest BCUT2D eigenvalue weighted by Crippen LogP contribution is -1.94. The van der Waals surface area contributed by atoms with E-state index in [4.69, 9.17) is 0 Å². The average molecular weight is 180 g/mol. The van der Waals surface area contributed by atoms with Crippen LogP contribution in [0.2, 0.25) is 0 Å². The fraction of sp³-hybridized carbons (Fsp3) is 0.727. The van der Waals surface area contributed by atoms with Gasteiger partial charge in [-0.3, -0.25) is 4.68 Å². The maximum atomic E-state index is 4.28. The van der Waals surface area contributed by atoms with Gasteiger partial charge in [0.15, 0.2) is 0 Å². The third-order valence-electron chi connectivity index (χ3n) is 2.54. The summed E-state index contributed by atoms with van der Waals surface area (Å²) >= 11 is 0. The third kappa shape index (κ3) is 2.87. The molecule has 0 N–H and O–H groups in total. The molecule has 2 heteroatoms. The molecule has 1 aromatic rings. The Labute approximate surface area is 81.0 Å². The molecular formula is C11H20N2. The van der Waals surface area contributed by atoms with E-state index < -0.39 is 0 Å². The zero-order chi connectivity index (χ0) is 9.68. The van der Waals surface area contributed by atoms with Gasteiger partial charge in [-0.2, -0.15) is 5.10 Å². The van der Waals surface area contributed by atoms with Gasteiger partial charge in [0.05, 0.1) is 6.20 Å². The Morgan fingerprint density at radius 2 is 2.23 bits per heavy atom. The highest BCUT2D eigenvalue weighted by Gasteiger charge is 2.06. The van der Waals surface area contributed by atoms with Crippen LogP contribution in [0.15, 0.2) is 12.4 Å². The Morgan fingerprint density at radius 3 is 2.77 bits per heavy atom. The second-order valence-corrected chi connectivity index (χ2v) is 3.67. The van der Waals surface area contributed by atoms with Crippen molar-refractivity contribution in [3.63, 3.8) is 0 Å². The zero-order valence-corrected chi connectivity index (χ0v) is 8.95. The molecule has 0 aliphatic carbocycles. The van der Waals surface area contributed by atoms with Gasteiger partial charge in [0.1, 0.15) is 0 Å². The molecule has 0 saturated carbocycles. The molecule has 1 atom stereocenters. The minimum atomic E-state index is 0.667. The molecule has 74 valence electrons. The lowest BCUT2D eigenvalue weighted by atomic mass is 9.99. The van der Waals surface area contributed by atoms with Gasteiger partial charge in [-0.25, -0.2) is 0 Å². The number of rotatable bonds is 5. The minimum Gasteiger partial charge on any atom is -0.273 e. The van der Waals surface area contributed by atoms with Crippen LogP contribution in [0.25, 0.3) is 0 Å². The van der Waals surface area contributed by atoms with Gasteiger partial charge in [-0.1, -0.05) is 26.7 Å². The molecule has 0 aliphatic rings. The van der Waals surface area contributed by atoms with Gasteiger partial charge in [0.2, 0.25) is 0 Å². The van der Waals surface area contributed by atoms with Crippen molar-refractivity contribution in [2.45, 2.75) is 52.5 Å². The molecule has 1 aromatic heterocycles. The molecule has 0 radical (unpaired) electrons. The quantitative estimate of drug-likeness (QED) is 0.680. The molecule has 1 unspecified atom stereocenters. The normalized spacial score (nSPS) is 13.2. The number of aryl methyl sites for hydroxylation is 1. The van der Waals surface area contributed by atoms with E-state index in [1.54, 1.807) is 0 Å². The Morgan fingerprint density at radius 1 is 1.46 bits per heavy atom. The van der Waals surface area contributed by atoms with Crippen molar-refractivity contribution in [3.05, 3.63) is 18.0 Å². The SMILES string of the molecule is CCCCC(C)c1cnn(CC)c1. The maximum Gasteiger partial charge on any atom is 0.0524 e. The molecule has 1 rings (SSSR count). The van der Waals surface area contributed by atoms with Crippen LogP contribution in [0.5, 0.6) is 0 Å². The summed E-state index contributed by atoms with van der Waals surface area (Å²) in [5.41, 5.74) is 1.38. The van der Waals surface area contributed by atoms with Crippen LogP contribution in [-0.2, 0) is 6.54 Å². The Balaban J connectivity index is 2.50. The summed E-state index contributed by atoms with van der Waals surface area (Å²) in [6, 6.07) is 0. The highest BCUT2D eigenvalue weighted by Crippen LogP contribution is 2.20. The van der Waals surface area contributed by atoms with Crippen molar-refractivity contribution in [1.82, 2.24) is 9.78 Å². The molecule has 0 spiro atoms. The van der Waals surface area contributed by atoms with Gasteiger partial charge < -0.3 is 0 Å². The van der Waals surface area contributed by atoms with Crippen LogP contribution in [0.4, 0.5) is 0 Å². The zero-order valence-electron chi connectivity index (χ0n) is 8.95. The van der Waals surface area contributed by atoms with Crippen molar-refractivity contribution in [1.29, 1.82) is 0 Å². The first-order valence-corrected chi connectivity index (χ1v) is 5.30. The van der Waals surface area contributed by atoms with Crippen LogP contribution in [0.3, 0.4) is 0 Å². The van der Waals surface area contributed by atoms with Crippen LogP contribution in [0.1, 0.15) is 51.5 Å². The summed E-state index contributed by atoms with van der Waals surface area (Å²) in [4.78, 5) is 0. The van der Waals surface area contributed by atoms with E-state index in [9.17, 15) is 0 Å². The molecule has 1 heterocycles. The Hall–Kier alpha value is -0.790. The maximum absolute atomic E-state index is 4.28. The first kappa shape index (κ1) is 10.3. The fourth-order valence-electron chi connectivity index (χ4n) is 1.48. The van der Waals surface area contributed by atoms with Crippen LogP contribution in [0, 0.1) is 0 Å². The first-order chi connectivity index (χ1) is 6.27. The second kappa shape index (κ2) is 5.05. The average Bonchev–Trinajstić information content (AvgIpc) is 2.62. The molecule has 13 heavy (non-hydrogen) atoms. The van der Waals surface area contributed by atoms with E-state index in [1.165, 1.54) is 24.8 Å². The van der Waals surface area contributed by atoms with Gasteiger partial charge in [0.25, 0.3) is 0 Å². The van der Waals surface area contributed by atoms with E-state index in [1.807, 2.05) is 10.9 Å². The lowest BCUT2D eigenvalue weighted by molar-refractivity contribution is 0.620. The summed E-state index contributed by atoms with van der Waals surface area (Å²) < 4.78 is 2.00. The molecule has 2 nitrogen and oxygen atoms in total. The van der Waals surface area contributed by atoms with E-state index >= 15 is 0 Å². The van der Waals surface area contributed by atoms with Crippen molar-refractivity contribution >= 4 is 0 Å². The van der Waals surface area contributed by atoms with Gasteiger partial charge >= 0.3 is 0 Å². The summed E-state index contributed by atoms with van der Waals surface area (Å²) in [6.07, 6.45) is 8.06. The molecule has 0 saturated heterocycles. The predicted octanol–water partition coefficient (Wildman–Crippen LogP) is 3.20. The first-order valence-electron chi connectivity index (χ1n) is 5.30. The summed E-state index contributed by atoms with van der Waals surface area (Å²) in [5.74, 6) is 0.667.